The standard InChI is InChI=1S/C8H5Cl2NOS/c1-12-5-3-2-4(9)7-6(5)11-8(10)13-7/h2-3H,1H3. The molecule has 0 unspecified atom stereocenters. The number of halogens is 2. The molecule has 0 spiro atoms. The average Bonchev–Trinajstić information content (AvgIpc) is 2.48. The second-order valence-corrected chi connectivity index (χ2v) is 4.38. The lowest BCUT2D eigenvalue weighted by Crippen LogP contribution is -1.83. The van der Waals surface area contributed by atoms with Crippen LogP contribution in [0.3, 0.4) is 0 Å². The Balaban J connectivity index is 2.83. The third-order valence-corrected chi connectivity index (χ3v) is 3.27. The molecule has 0 bridgehead atoms. The van der Waals surface area contributed by atoms with E-state index in [0.29, 0.717) is 15.2 Å². The lowest BCUT2D eigenvalue weighted by Gasteiger charge is -1.99. The third-order valence-electron chi connectivity index (χ3n) is 1.65. The van der Waals surface area contributed by atoms with Gasteiger partial charge < -0.3 is 4.74 Å². The summed E-state index contributed by atoms with van der Waals surface area (Å²) in [5, 5.41) is 0.653. The highest BCUT2D eigenvalue weighted by molar-refractivity contribution is 7.22. The van der Waals surface area contributed by atoms with Crippen molar-refractivity contribution in [3.05, 3.63) is 21.6 Å². The zero-order valence-corrected chi connectivity index (χ0v) is 9.00. The smallest absolute Gasteiger partial charge is 0.184 e. The first-order valence-electron chi connectivity index (χ1n) is 3.51. The molecule has 0 atom stereocenters. The van der Waals surface area contributed by atoms with Crippen molar-refractivity contribution in [3.8, 4) is 5.75 Å². The minimum absolute atomic E-state index is 0.474. The molecule has 0 aliphatic heterocycles. The van der Waals surface area contributed by atoms with Gasteiger partial charge in [0.2, 0.25) is 0 Å². The largest absolute Gasteiger partial charge is 0.494 e. The highest BCUT2D eigenvalue weighted by atomic mass is 35.5. The first-order valence-corrected chi connectivity index (χ1v) is 5.08. The predicted molar refractivity (Wildman–Crippen MR) is 56.2 cm³/mol. The Morgan fingerprint density at radius 2 is 2.15 bits per heavy atom. The zero-order chi connectivity index (χ0) is 9.42. The maximum absolute atomic E-state index is 5.96. The number of rotatable bonds is 1. The summed E-state index contributed by atoms with van der Waals surface area (Å²) < 4.78 is 6.46. The van der Waals surface area contributed by atoms with E-state index in [-0.39, 0.29) is 0 Å². The van der Waals surface area contributed by atoms with Gasteiger partial charge in [-0.3, -0.25) is 0 Å². The van der Waals surface area contributed by atoms with Crippen molar-refractivity contribution in [2.45, 2.75) is 0 Å². The SMILES string of the molecule is COc1ccc(Cl)c2sc(Cl)nc12. The molecule has 1 heterocycles. The summed E-state index contributed by atoms with van der Waals surface area (Å²) in [4.78, 5) is 4.12. The Bertz CT molecular complexity index is 455. The van der Waals surface area contributed by atoms with E-state index >= 15 is 0 Å². The molecular weight excluding hydrogens is 229 g/mol. The first kappa shape index (κ1) is 9.06. The molecule has 0 saturated heterocycles. The van der Waals surface area contributed by atoms with E-state index in [4.69, 9.17) is 27.9 Å². The quantitative estimate of drug-likeness (QED) is 0.751. The molecule has 0 saturated carbocycles. The van der Waals surface area contributed by atoms with Crippen LogP contribution in [0.1, 0.15) is 0 Å². The molecule has 0 N–H and O–H groups in total. The minimum atomic E-state index is 0.474. The van der Waals surface area contributed by atoms with Gasteiger partial charge in [-0.05, 0) is 12.1 Å². The molecule has 0 fully saturated rings. The summed E-state index contributed by atoms with van der Waals surface area (Å²) in [5.74, 6) is 0.697. The second kappa shape index (κ2) is 3.33. The second-order valence-electron chi connectivity index (χ2n) is 2.39. The van der Waals surface area contributed by atoms with E-state index in [1.54, 1.807) is 19.2 Å². The van der Waals surface area contributed by atoms with Gasteiger partial charge in [0, 0.05) is 0 Å². The van der Waals surface area contributed by atoms with Crippen molar-refractivity contribution in [2.75, 3.05) is 7.11 Å². The molecule has 2 aromatic rings. The fraction of sp³-hybridized carbons (Fsp3) is 0.125. The van der Waals surface area contributed by atoms with Crippen molar-refractivity contribution < 1.29 is 4.74 Å². The van der Waals surface area contributed by atoms with Gasteiger partial charge in [-0.15, -0.1) is 11.3 Å². The maximum atomic E-state index is 5.96. The number of fused-ring (bicyclic) bond motifs is 1. The molecule has 0 radical (unpaired) electrons. The Labute approximate surface area is 89.1 Å². The van der Waals surface area contributed by atoms with Crippen LogP contribution in [0.25, 0.3) is 10.2 Å². The minimum Gasteiger partial charge on any atom is -0.494 e. The number of methoxy groups -OCH3 is 1. The monoisotopic (exact) mass is 233 g/mol. The van der Waals surface area contributed by atoms with Crippen molar-refractivity contribution in [1.29, 1.82) is 0 Å². The molecule has 0 aliphatic carbocycles. The van der Waals surface area contributed by atoms with Gasteiger partial charge >= 0.3 is 0 Å². The number of ether oxygens (including phenoxy) is 1. The Morgan fingerprint density at radius 3 is 2.85 bits per heavy atom. The molecular formula is C8H5Cl2NOS. The van der Waals surface area contributed by atoms with Crippen molar-refractivity contribution in [2.24, 2.45) is 0 Å². The molecule has 5 heteroatoms. The number of thiazole rings is 1. The number of nitrogens with zero attached hydrogens (tertiary/aromatic N) is 1. The Morgan fingerprint density at radius 1 is 1.38 bits per heavy atom. The van der Waals surface area contributed by atoms with Crippen LogP contribution in [0, 0.1) is 0 Å². The van der Waals surface area contributed by atoms with Crippen molar-refractivity contribution >= 4 is 44.8 Å². The summed E-state index contributed by atoms with van der Waals surface area (Å²) in [6, 6.07) is 3.55. The first-order chi connectivity index (χ1) is 6.22. The van der Waals surface area contributed by atoms with Crippen LogP contribution < -0.4 is 4.74 Å². The summed E-state index contributed by atoms with van der Waals surface area (Å²) in [5.41, 5.74) is 0.727. The van der Waals surface area contributed by atoms with E-state index in [1.807, 2.05) is 0 Å². The number of hydrogen-bond acceptors (Lipinski definition) is 3. The van der Waals surface area contributed by atoms with Gasteiger partial charge in [-0.25, -0.2) is 4.98 Å². The van der Waals surface area contributed by atoms with E-state index in [9.17, 15) is 0 Å². The zero-order valence-electron chi connectivity index (χ0n) is 6.67. The summed E-state index contributed by atoms with van der Waals surface area (Å²) in [6.45, 7) is 0. The molecule has 0 aliphatic rings. The highest BCUT2D eigenvalue weighted by Gasteiger charge is 2.10. The van der Waals surface area contributed by atoms with E-state index < -0.39 is 0 Å². The maximum Gasteiger partial charge on any atom is 0.184 e. The molecule has 13 heavy (non-hydrogen) atoms. The van der Waals surface area contributed by atoms with Gasteiger partial charge in [-0.1, -0.05) is 23.2 Å². The van der Waals surface area contributed by atoms with Crippen LogP contribution in [0.15, 0.2) is 12.1 Å². The summed E-state index contributed by atoms with van der Waals surface area (Å²) in [7, 11) is 1.59. The van der Waals surface area contributed by atoms with E-state index in [1.165, 1.54) is 11.3 Å². The molecule has 1 aromatic carbocycles. The molecule has 2 rings (SSSR count). The fourth-order valence-corrected chi connectivity index (χ4v) is 2.39. The predicted octanol–water partition coefficient (Wildman–Crippen LogP) is 3.61. The Kier molecular flexibility index (Phi) is 2.32. The molecule has 1 aromatic heterocycles. The van der Waals surface area contributed by atoms with Gasteiger partial charge in [0.05, 0.1) is 16.8 Å². The van der Waals surface area contributed by atoms with Gasteiger partial charge in [0.25, 0.3) is 0 Å². The highest BCUT2D eigenvalue weighted by Crippen LogP contribution is 2.36. The van der Waals surface area contributed by atoms with Crippen LogP contribution in [0.5, 0.6) is 5.75 Å². The number of benzene rings is 1. The molecule has 2 nitrogen and oxygen atoms in total. The third kappa shape index (κ3) is 1.47. The van der Waals surface area contributed by atoms with Crippen LogP contribution in [-0.4, -0.2) is 12.1 Å². The topological polar surface area (TPSA) is 22.1 Å². The van der Waals surface area contributed by atoms with Crippen molar-refractivity contribution in [3.63, 3.8) is 0 Å². The number of aromatic nitrogens is 1. The number of hydrogen-bond donors (Lipinski definition) is 0. The van der Waals surface area contributed by atoms with Crippen molar-refractivity contribution in [1.82, 2.24) is 4.98 Å². The van der Waals surface area contributed by atoms with Crippen LogP contribution >= 0.6 is 34.5 Å². The van der Waals surface area contributed by atoms with E-state index in [2.05, 4.69) is 4.98 Å². The Hall–Kier alpha value is -0.510. The van der Waals surface area contributed by atoms with Crippen LogP contribution in [-0.2, 0) is 0 Å². The summed E-state index contributed by atoms with van der Waals surface area (Å²) in [6.07, 6.45) is 0. The van der Waals surface area contributed by atoms with Crippen LogP contribution in [0.2, 0.25) is 9.49 Å². The average molecular weight is 234 g/mol. The molecule has 0 amide bonds. The normalized spacial score (nSPS) is 10.7. The van der Waals surface area contributed by atoms with Crippen LogP contribution in [0.4, 0.5) is 0 Å². The van der Waals surface area contributed by atoms with Gasteiger partial charge in [0.1, 0.15) is 11.3 Å². The fourth-order valence-electron chi connectivity index (χ4n) is 1.09. The molecule has 68 valence electrons. The summed E-state index contributed by atoms with van der Waals surface area (Å²) >= 11 is 13.1. The van der Waals surface area contributed by atoms with Gasteiger partial charge in [-0.2, -0.15) is 0 Å². The van der Waals surface area contributed by atoms with E-state index in [0.717, 1.165) is 10.2 Å². The lowest BCUT2D eigenvalue weighted by molar-refractivity contribution is 0.419. The lowest BCUT2D eigenvalue weighted by atomic mass is 10.3. The van der Waals surface area contributed by atoms with Gasteiger partial charge in [0.15, 0.2) is 4.47 Å².